The van der Waals surface area contributed by atoms with Crippen molar-refractivity contribution in [3.63, 3.8) is 0 Å². The highest BCUT2D eigenvalue weighted by Crippen LogP contribution is 2.44. The maximum Gasteiger partial charge on any atom is 0.306 e. The van der Waals surface area contributed by atoms with Crippen molar-refractivity contribution in [3.8, 4) is 0 Å². The number of esters is 8. The maximum absolute atomic E-state index is 17.2. The van der Waals surface area contributed by atoms with E-state index in [1.54, 1.807) is 0 Å². The summed E-state index contributed by atoms with van der Waals surface area (Å²) in [5.41, 5.74) is 0. The molecule has 0 aromatic heterocycles. The minimum atomic E-state index is -4.57. The Bertz CT molecular complexity index is 1190. The molecule has 49 heavy (non-hydrogen) atoms. The molecule has 2 saturated heterocycles. The van der Waals surface area contributed by atoms with Crippen molar-refractivity contribution < 1.29 is 94.5 Å². The van der Waals surface area contributed by atoms with Gasteiger partial charge in [-0.25, -0.2) is 8.78 Å². The van der Waals surface area contributed by atoms with Crippen LogP contribution in [0.4, 0.5) is 8.78 Å². The third kappa shape index (κ3) is 11.3. The van der Waals surface area contributed by atoms with Gasteiger partial charge in [-0.2, -0.15) is 0 Å². The first-order valence-electron chi connectivity index (χ1n) is 14.6. The lowest BCUT2D eigenvalue weighted by atomic mass is 9.84. The lowest BCUT2D eigenvalue weighted by molar-refractivity contribution is -0.339. The molecule has 2 unspecified atom stereocenters. The number of hydrogen-bond donors (Lipinski definition) is 0. The zero-order valence-corrected chi connectivity index (χ0v) is 27.8. The molecule has 276 valence electrons. The fraction of sp³-hybridized carbons (Fsp3) is 0.724. The Morgan fingerprint density at radius 3 is 0.918 bits per heavy atom. The highest BCUT2D eigenvalue weighted by Gasteiger charge is 2.68. The molecule has 20 heteroatoms. The average Bonchev–Trinajstić information content (AvgIpc) is 2.93. The molecule has 0 aromatic carbocycles. The predicted octanol–water partition coefficient (Wildman–Crippen LogP) is -0.127. The molecule has 0 spiro atoms. The van der Waals surface area contributed by atoms with Crippen molar-refractivity contribution in [2.75, 3.05) is 13.2 Å². The summed E-state index contributed by atoms with van der Waals surface area (Å²) in [6.07, 6.45) is -21.4. The molecule has 0 saturated carbocycles. The summed E-state index contributed by atoms with van der Waals surface area (Å²) in [7, 11) is 0. The van der Waals surface area contributed by atoms with Gasteiger partial charge >= 0.3 is 53.7 Å². The van der Waals surface area contributed by atoms with Crippen LogP contribution in [0.1, 0.15) is 55.4 Å². The summed E-state index contributed by atoms with van der Waals surface area (Å²) >= 11 is 0. The molecule has 2 heterocycles. The van der Waals surface area contributed by atoms with E-state index in [4.69, 9.17) is 47.4 Å². The van der Waals surface area contributed by atoms with Gasteiger partial charge in [0.2, 0.25) is 0 Å². The SMILES string of the molecule is CC(=O)OC[C@H]1OC(C(F)(F)C2O[C@H](COC(C)=O)[C@H](OC(C)=O)[C@H](OC(C)=O)[C@H]2OC(C)=O)[C@H](OC(C)=O)[C@@H](OC(C)=O)[C@H]1OC(C)=O. The van der Waals surface area contributed by atoms with Gasteiger partial charge in [-0.1, -0.05) is 0 Å². The van der Waals surface area contributed by atoms with Crippen LogP contribution in [0.5, 0.6) is 0 Å². The molecule has 0 bridgehead atoms. The molecular formula is C29H38F2O18. The fourth-order valence-corrected chi connectivity index (χ4v) is 5.24. The van der Waals surface area contributed by atoms with Gasteiger partial charge in [0, 0.05) is 55.4 Å². The number of carbonyl (C=O) groups is 8. The lowest BCUT2D eigenvalue weighted by Crippen LogP contribution is -2.72. The molecular weight excluding hydrogens is 674 g/mol. The lowest BCUT2D eigenvalue weighted by Gasteiger charge is -2.51. The van der Waals surface area contributed by atoms with Gasteiger partial charge in [0.15, 0.2) is 48.8 Å². The average molecular weight is 713 g/mol. The molecule has 18 nitrogen and oxygen atoms in total. The summed E-state index contributed by atoms with van der Waals surface area (Å²) in [5.74, 6) is -13.1. The van der Waals surface area contributed by atoms with E-state index in [9.17, 15) is 38.4 Å². The first kappa shape index (κ1) is 40.7. The summed E-state index contributed by atoms with van der Waals surface area (Å²) in [6, 6.07) is 0. The van der Waals surface area contributed by atoms with Crippen LogP contribution >= 0.6 is 0 Å². The summed E-state index contributed by atoms with van der Waals surface area (Å²) < 4.78 is 86.6. The van der Waals surface area contributed by atoms with Crippen LogP contribution in [0.3, 0.4) is 0 Å². The minimum absolute atomic E-state index is 0.820. The summed E-state index contributed by atoms with van der Waals surface area (Å²) in [6.45, 7) is 5.46. The number of hydrogen-bond acceptors (Lipinski definition) is 18. The number of alkyl halides is 2. The van der Waals surface area contributed by atoms with Crippen LogP contribution in [-0.4, -0.2) is 128 Å². The van der Waals surface area contributed by atoms with Gasteiger partial charge in [-0.15, -0.1) is 0 Å². The number of halogens is 2. The normalized spacial score (nSPS) is 29.7. The van der Waals surface area contributed by atoms with E-state index in [0.29, 0.717) is 0 Å². The molecule has 10 atom stereocenters. The number of carbonyl (C=O) groups excluding carboxylic acids is 8. The zero-order chi connectivity index (χ0) is 37.4. The molecule has 0 aromatic rings. The van der Waals surface area contributed by atoms with E-state index < -0.39 is 128 Å². The molecule has 2 aliphatic heterocycles. The molecule has 0 amide bonds. The van der Waals surface area contributed by atoms with Crippen molar-refractivity contribution in [2.45, 2.75) is 122 Å². The second-order valence-electron chi connectivity index (χ2n) is 10.9. The zero-order valence-electron chi connectivity index (χ0n) is 27.8. The first-order chi connectivity index (χ1) is 22.6. The smallest absolute Gasteiger partial charge is 0.306 e. The highest BCUT2D eigenvalue weighted by molar-refractivity contribution is 5.70. The van der Waals surface area contributed by atoms with Gasteiger partial charge in [-0.05, 0) is 0 Å². The van der Waals surface area contributed by atoms with Crippen LogP contribution in [0.15, 0.2) is 0 Å². The van der Waals surface area contributed by atoms with E-state index in [-0.39, 0.29) is 0 Å². The number of ether oxygens (including phenoxy) is 10. The van der Waals surface area contributed by atoms with Crippen LogP contribution in [0.25, 0.3) is 0 Å². The molecule has 2 aliphatic rings. The van der Waals surface area contributed by atoms with Crippen molar-refractivity contribution >= 4 is 47.8 Å². The Labute approximate surface area is 278 Å². The Balaban J connectivity index is 2.86. The number of rotatable bonds is 12. The van der Waals surface area contributed by atoms with E-state index in [1.165, 1.54) is 0 Å². The van der Waals surface area contributed by atoms with Gasteiger partial charge in [-0.3, -0.25) is 38.4 Å². The monoisotopic (exact) mass is 712 g/mol. The Morgan fingerprint density at radius 1 is 0.429 bits per heavy atom. The molecule has 0 aliphatic carbocycles. The van der Waals surface area contributed by atoms with E-state index in [0.717, 1.165) is 55.4 Å². The Hall–Kier alpha value is -4.46. The van der Waals surface area contributed by atoms with Gasteiger partial charge in [0.25, 0.3) is 0 Å². The second-order valence-corrected chi connectivity index (χ2v) is 10.9. The van der Waals surface area contributed by atoms with Gasteiger partial charge in [0.1, 0.15) is 25.4 Å². The predicted molar refractivity (Wildman–Crippen MR) is 149 cm³/mol. The molecule has 2 fully saturated rings. The van der Waals surface area contributed by atoms with E-state index in [1.807, 2.05) is 0 Å². The van der Waals surface area contributed by atoms with Crippen LogP contribution in [0.2, 0.25) is 0 Å². The fourth-order valence-electron chi connectivity index (χ4n) is 5.24. The van der Waals surface area contributed by atoms with Gasteiger partial charge < -0.3 is 47.4 Å². The minimum Gasteiger partial charge on any atom is -0.463 e. The third-order valence-electron chi connectivity index (χ3n) is 6.74. The quantitative estimate of drug-likeness (QED) is 0.190. The van der Waals surface area contributed by atoms with Crippen LogP contribution < -0.4 is 0 Å². The van der Waals surface area contributed by atoms with Crippen molar-refractivity contribution in [3.05, 3.63) is 0 Å². The van der Waals surface area contributed by atoms with Crippen molar-refractivity contribution in [2.24, 2.45) is 0 Å². The first-order valence-corrected chi connectivity index (χ1v) is 14.6. The Kier molecular flexibility index (Phi) is 14.4. The van der Waals surface area contributed by atoms with Crippen LogP contribution in [-0.2, 0) is 85.7 Å². The van der Waals surface area contributed by atoms with Crippen molar-refractivity contribution in [1.82, 2.24) is 0 Å². The van der Waals surface area contributed by atoms with Crippen molar-refractivity contribution in [1.29, 1.82) is 0 Å². The highest BCUT2D eigenvalue weighted by atomic mass is 19.3. The summed E-state index contributed by atoms with van der Waals surface area (Å²) in [5, 5.41) is 0. The maximum atomic E-state index is 17.2. The standard InChI is InChI=1S/C29H38F2O18/c1-11(32)40-9-19-21(42-13(3)34)23(44-15(5)36)25(46-17(7)38)27(48-19)29(30,31)28-26(47-18(8)39)24(45-16(6)37)22(43-14(4)35)20(49-28)10-41-12(2)33/h19-28H,9-10H2,1-8H3/t19-,20-,21+,22+,23+,24+,25-,26-,27?,28?/m1/s1. The second kappa shape index (κ2) is 17.3. The molecule has 0 N–H and O–H groups in total. The van der Waals surface area contributed by atoms with E-state index in [2.05, 4.69) is 0 Å². The van der Waals surface area contributed by atoms with Gasteiger partial charge in [0.05, 0.1) is 0 Å². The summed E-state index contributed by atoms with van der Waals surface area (Å²) in [4.78, 5) is 96.3. The van der Waals surface area contributed by atoms with E-state index >= 15 is 8.78 Å². The largest absolute Gasteiger partial charge is 0.463 e. The topological polar surface area (TPSA) is 229 Å². The molecule has 2 rings (SSSR count). The van der Waals surface area contributed by atoms with Crippen LogP contribution in [0, 0.1) is 0 Å². The molecule has 0 radical (unpaired) electrons. The Morgan fingerprint density at radius 2 is 0.673 bits per heavy atom. The third-order valence-corrected chi connectivity index (χ3v) is 6.74.